The minimum atomic E-state index is -3.54. The molecule has 1 aromatic rings. The Labute approximate surface area is 156 Å². The van der Waals surface area contributed by atoms with Crippen LogP contribution < -0.4 is 14.8 Å². The molecule has 1 saturated carbocycles. The maximum absolute atomic E-state index is 12.3. The number of carbonyl (C=O) groups excluding carboxylic acids is 1. The molecule has 2 N–H and O–H groups in total. The molecule has 1 fully saturated rings. The molecule has 6 nitrogen and oxygen atoms in total. The molecule has 2 atom stereocenters. The first-order valence-electron chi connectivity index (χ1n) is 9.41. The summed E-state index contributed by atoms with van der Waals surface area (Å²) in [5, 5.41) is 3.03. The Morgan fingerprint density at radius 1 is 1.15 bits per heavy atom. The molecule has 1 aliphatic rings. The SMILES string of the molecule is CC[C@H](C)NS(=O)(=O)c1ccc(O[C@@H](C)C(=O)NC2CCCCC2)cc1. The van der Waals surface area contributed by atoms with E-state index >= 15 is 0 Å². The smallest absolute Gasteiger partial charge is 0.260 e. The van der Waals surface area contributed by atoms with Crippen molar-refractivity contribution in [1.82, 2.24) is 10.0 Å². The average molecular weight is 383 g/mol. The van der Waals surface area contributed by atoms with Crippen molar-refractivity contribution >= 4 is 15.9 Å². The molecule has 0 aliphatic heterocycles. The Kier molecular flexibility index (Phi) is 7.46. The van der Waals surface area contributed by atoms with E-state index in [1.807, 2.05) is 13.8 Å². The first-order valence-corrected chi connectivity index (χ1v) is 10.9. The van der Waals surface area contributed by atoms with Gasteiger partial charge in [-0.25, -0.2) is 13.1 Å². The zero-order chi connectivity index (χ0) is 19.2. The standard InChI is InChI=1S/C19H30N2O4S/c1-4-14(2)21-26(23,24)18-12-10-17(11-13-18)25-15(3)19(22)20-16-8-6-5-7-9-16/h10-16,21H,4-9H2,1-3H3,(H,20,22)/t14-,15-/m0/s1. The van der Waals surface area contributed by atoms with Gasteiger partial charge in [-0.2, -0.15) is 0 Å². The third kappa shape index (κ3) is 5.99. The van der Waals surface area contributed by atoms with Crippen molar-refractivity contribution in [2.24, 2.45) is 0 Å². The van der Waals surface area contributed by atoms with Crippen molar-refractivity contribution in [2.45, 2.75) is 82.4 Å². The predicted molar refractivity (Wildman–Crippen MR) is 102 cm³/mol. The second-order valence-electron chi connectivity index (χ2n) is 7.01. The van der Waals surface area contributed by atoms with E-state index < -0.39 is 16.1 Å². The van der Waals surface area contributed by atoms with Gasteiger partial charge in [0.15, 0.2) is 6.10 Å². The summed E-state index contributed by atoms with van der Waals surface area (Å²) >= 11 is 0. The lowest BCUT2D eigenvalue weighted by molar-refractivity contribution is -0.128. The molecular formula is C19H30N2O4S. The fourth-order valence-electron chi connectivity index (χ4n) is 2.94. The Hall–Kier alpha value is -1.60. The first kappa shape index (κ1) is 20.7. The van der Waals surface area contributed by atoms with Crippen LogP contribution in [0.15, 0.2) is 29.2 Å². The molecule has 0 unspecified atom stereocenters. The van der Waals surface area contributed by atoms with Gasteiger partial charge in [0.25, 0.3) is 5.91 Å². The van der Waals surface area contributed by atoms with Gasteiger partial charge in [-0.1, -0.05) is 26.2 Å². The number of hydrogen-bond donors (Lipinski definition) is 2. The number of ether oxygens (including phenoxy) is 1. The highest BCUT2D eigenvalue weighted by Gasteiger charge is 2.21. The molecule has 0 saturated heterocycles. The topological polar surface area (TPSA) is 84.5 Å². The third-order valence-electron chi connectivity index (χ3n) is 4.74. The highest BCUT2D eigenvalue weighted by atomic mass is 32.2. The van der Waals surface area contributed by atoms with Crippen LogP contribution in [0.1, 0.15) is 59.3 Å². The van der Waals surface area contributed by atoms with Crippen LogP contribution in [-0.4, -0.2) is 32.5 Å². The van der Waals surface area contributed by atoms with Crippen LogP contribution in [0, 0.1) is 0 Å². The average Bonchev–Trinajstić information content (AvgIpc) is 2.62. The van der Waals surface area contributed by atoms with Crippen LogP contribution in [-0.2, 0) is 14.8 Å². The Balaban J connectivity index is 1.92. The van der Waals surface area contributed by atoms with E-state index in [1.165, 1.54) is 18.6 Å². The van der Waals surface area contributed by atoms with Gasteiger partial charge in [0.1, 0.15) is 5.75 Å². The number of nitrogens with one attached hydrogen (secondary N) is 2. The Morgan fingerprint density at radius 3 is 2.35 bits per heavy atom. The third-order valence-corrected chi connectivity index (χ3v) is 6.34. The maximum Gasteiger partial charge on any atom is 0.260 e. The van der Waals surface area contributed by atoms with Gasteiger partial charge in [-0.15, -0.1) is 0 Å². The van der Waals surface area contributed by atoms with Gasteiger partial charge < -0.3 is 10.1 Å². The first-order chi connectivity index (χ1) is 12.3. The van der Waals surface area contributed by atoms with Crippen molar-refractivity contribution in [2.75, 3.05) is 0 Å². The lowest BCUT2D eigenvalue weighted by Gasteiger charge is -2.24. The van der Waals surface area contributed by atoms with Gasteiger partial charge in [0, 0.05) is 12.1 Å². The summed E-state index contributed by atoms with van der Waals surface area (Å²) in [6.07, 6.45) is 5.68. The highest BCUT2D eigenvalue weighted by Crippen LogP contribution is 2.19. The molecule has 0 heterocycles. The normalized spacial score (nSPS) is 18.1. The van der Waals surface area contributed by atoms with Gasteiger partial charge in [0.05, 0.1) is 4.90 Å². The number of hydrogen-bond acceptors (Lipinski definition) is 4. The number of rotatable bonds is 8. The van der Waals surface area contributed by atoms with E-state index in [0.717, 1.165) is 25.7 Å². The van der Waals surface area contributed by atoms with Crippen molar-refractivity contribution in [3.8, 4) is 5.75 Å². The van der Waals surface area contributed by atoms with Crippen LogP contribution in [0.2, 0.25) is 0 Å². The van der Waals surface area contributed by atoms with Crippen LogP contribution in [0.5, 0.6) is 5.75 Å². The molecule has 1 amide bonds. The quantitative estimate of drug-likeness (QED) is 0.724. The summed E-state index contributed by atoms with van der Waals surface area (Å²) in [5.41, 5.74) is 0. The molecule has 146 valence electrons. The summed E-state index contributed by atoms with van der Waals surface area (Å²) in [4.78, 5) is 12.4. The maximum atomic E-state index is 12.3. The molecule has 0 radical (unpaired) electrons. The monoisotopic (exact) mass is 382 g/mol. The summed E-state index contributed by atoms with van der Waals surface area (Å²) in [5.74, 6) is 0.339. The highest BCUT2D eigenvalue weighted by molar-refractivity contribution is 7.89. The lowest BCUT2D eigenvalue weighted by Crippen LogP contribution is -2.43. The minimum Gasteiger partial charge on any atom is -0.481 e. The van der Waals surface area contributed by atoms with Crippen LogP contribution >= 0.6 is 0 Å². The van der Waals surface area contributed by atoms with Gasteiger partial charge in [-0.05, 0) is 57.4 Å². The summed E-state index contributed by atoms with van der Waals surface area (Å²) in [6.45, 7) is 5.44. The molecular weight excluding hydrogens is 352 g/mol. The summed E-state index contributed by atoms with van der Waals surface area (Å²) < 4.78 is 32.8. The van der Waals surface area contributed by atoms with Crippen LogP contribution in [0.25, 0.3) is 0 Å². The summed E-state index contributed by atoms with van der Waals surface area (Å²) in [7, 11) is -3.54. The Bertz CT molecular complexity index is 682. The van der Waals surface area contributed by atoms with Crippen molar-refractivity contribution in [3.05, 3.63) is 24.3 Å². The molecule has 7 heteroatoms. The molecule has 1 aliphatic carbocycles. The number of amides is 1. The zero-order valence-electron chi connectivity index (χ0n) is 15.8. The largest absolute Gasteiger partial charge is 0.481 e. The van der Waals surface area contributed by atoms with E-state index in [4.69, 9.17) is 4.74 Å². The van der Waals surface area contributed by atoms with E-state index in [9.17, 15) is 13.2 Å². The van der Waals surface area contributed by atoms with Crippen LogP contribution in [0.3, 0.4) is 0 Å². The van der Waals surface area contributed by atoms with Crippen molar-refractivity contribution in [3.63, 3.8) is 0 Å². The van der Waals surface area contributed by atoms with E-state index in [0.29, 0.717) is 12.2 Å². The van der Waals surface area contributed by atoms with Gasteiger partial charge in [-0.3, -0.25) is 4.79 Å². The number of carbonyl (C=O) groups is 1. The van der Waals surface area contributed by atoms with Gasteiger partial charge >= 0.3 is 0 Å². The summed E-state index contributed by atoms with van der Waals surface area (Å²) in [6, 6.07) is 6.25. The predicted octanol–water partition coefficient (Wildman–Crippen LogP) is 2.98. The Morgan fingerprint density at radius 2 is 1.77 bits per heavy atom. The number of benzene rings is 1. The molecule has 0 bridgehead atoms. The number of sulfonamides is 1. The fraction of sp³-hybridized carbons (Fsp3) is 0.632. The van der Waals surface area contributed by atoms with E-state index in [1.54, 1.807) is 19.1 Å². The molecule has 0 spiro atoms. The van der Waals surface area contributed by atoms with Crippen molar-refractivity contribution < 1.29 is 17.9 Å². The van der Waals surface area contributed by atoms with Gasteiger partial charge in [0.2, 0.25) is 10.0 Å². The fourth-order valence-corrected chi connectivity index (χ4v) is 4.26. The molecule has 2 rings (SSSR count). The molecule has 26 heavy (non-hydrogen) atoms. The second kappa shape index (κ2) is 9.37. The minimum absolute atomic E-state index is 0.126. The second-order valence-corrected chi connectivity index (χ2v) is 8.72. The molecule has 0 aromatic heterocycles. The van der Waals surface area contributed by atoms with E-state index in [-0.39, 0.29) is 22.9 Å². The molecule has 1 aromatic carbocycles. The van der Waals surface area contributed by atoms with Crippen molar-refractivity contribution in [1.29, 1.82) is 0 Å². The van der Waals surface area contributed by atoms with Crippen LogP contribution in [0.4, 0.5) is 0 Å². The zero-order valence-corrected chi connectivity index (χ0v) is 16.6. The lowest BCUT2D eigenvalue weighted by atomic mass is 9.95. The van der Waals surface area contributed by atoms with E-state index in [2.05, 4.69) is 10.0 Å².